The molecule has 0 unspecified atom stereocenters. The number of carbonyl (C=O) groups excluding carboxylic acids is 1. The van der Waals surface area contributed by atoms with Gasteiger partial charge in [-0.25, -0.2) is 0 Å². The van der Waals surface area contributed by atoms with Gasteiger partial charge in [0.15, 0.2) is 0 Å². The number of morpholine rings is 1. The number of rotatable bonds is 5. The van der Waals surface area contributed by atoms with Crippen molar-refractivity contribution >= 4 is 17.3 Å². The van der Waals surface area contributed by atoms with Gasteiger partial charge >= 0.3 is 6.18 Å². The van der Waals surface area contributed by atoms with E-state index in [1.54, 1.807) is 12.1 Å². The van der Waals surface area contributed by atoms with Crippen LogP contribution in [0.2, 0.25) is 0 Å². The zero-order chi connectivity index (χ0) is 22.6. The molecular weight excluding hydrogens is 419 g/mol. The van der Waals surface area contributed by atoms with E-state index in [1.807, 2.05) is 17.0 Å². The molecule has 4 rings (SSSR count). The van der Waals surface area contributed by atoms with E-state index < -0.39 is 17.6 Å². The van der Waals surface area contributed by atoms with Gasteiger partial charge in [0.25, 0.3) is 5.91 Å². The molecule has 2 aromatic rings. The van der Waals surface area contributed by atoms with Crippen LogP contribution >= 0.6 is 0 Å². The summed E-state index contributed by atoms with van der Waals surface area (Å²) in [4.78, 5) is 17.3. The highest BCUT2D eigenvalue weighted by Gasteiger charge is 2.32. The Labute approximate surface area is 186 Å². The maximum absolute atomic E-state index is 13.3. The summed E-state index contributed by atoms with van der Waals surface area (Å²) in [6.07, 6.45) is -1.40. The van der Waals surface area contributed by atoms with Gasteiger partial charge in [-0.1, -0.05) is 12.1 Å². The van der Waals surface area contributed by atoms with E-state index in [4.69, 9.17) is 4.74 Å². The molecule has 2 fully saturated rings. The van der Waals surface area contributed by atoms with Crippen molar-refractivity contribution in [3.05, 3.63) is 59.2 Å². The van der Waals surface area contributed by atoms with E-state index in [0.29, 0.717) is 31.0 Å². The van der Waals surface area contributed by atoms with Gasteiger partial charge in [0.2, 0.25) is 0 Å². The molecular formula is C24H28F3N3O2. The van der Waals surface area contributed by atoms with Crippen LogP contribution in [0.5, 0.6) is 0 Å². The second kappa shape index (κ2) is 9.92. The Hall–Kier alpha value is -2.58. The summed E-state index contributed by atoms with van der Waals surface area (Å²) in [7, 11) is 0. The van der Waals surface area contributed by atoms with Gasteiger partial charge in [0.1, 0.15) is 0 Å². The van der Waals surface area contributed by atoms with Gasteiger partial charge < -0.3 is 15.0 Å². The quantitative estimate of drug-likeness (QED) is 0.717. The van der Waals surface area contributed by atoms with Crippen molar-refractivity contribution in [2.45, 2.75) is 32.0 Å². The third-order valence-electron chi connectivity index (χ3n) is 5.97. The van der Waals surface area contributed by atoms with Crippen LogP contribution in [0.25, 0.3) is 0 Å². The van der Waals surface area contributed by atoms with Crippen LogP contribution in [-0.4, -0.2) is 50.2 Å². The monoisotopic (exact) mass is 447 g/mol. The number of hydrogen-bond donors (Lipinski definition) is 1. The standard InChI is InChI=1S/C24H28F3N3O2/c25-24(26,27)20-7-8-22(30-9-2-1-3-10-30)21(16-20)28-23(31)19-6-4-5-18(15-19)17-29-11-13-32-14-12-29/h4-8,15-16H,1-3,9-14,17H2,(H,28,31). The van der Waals surface area contributed by atoms with Gasteiger partial charge in [-0.05, 0) is 55.2 Å². The number of hydrogen-bond acceptors (Lipinski definition) is 4. The summed E-state index contributed by atoms with van der Waals surface area (Å²) in [6, 6.07) is 10.9. The Morgan fingerprint density at radius 3 is 2.44 bits per heavy atom. The van der Waals surface area contributed by atoms with Gasteiger partial charge in [-0.15, -0.1) is 0 Å². The normalized spacial score (nSPS) is 17.9. The zero-order valence-electron chi connectivity index (χ0n) is 18.0. The summed E-state index contributed by atoms with van der Waals surface area (Å²) in [5, 5.41) is 2.75. The Balaban J connectivity index is 1.55. The van der Waals surface area contributed by atoms with Crippen molar-refractivity contribution in [2.24, 2.45) is 0 Å². The van der Waals surface area contributed by atoms with Crippen LogP contribution in [0.4, 0.5) is 24.5 Å². The van der Waals surface area contributed by atoms with E-state index in [-0.39, 0.29) is 5.69 Å². The van der Waals surface area contributed by atoms with E-state index in [0.717, 1.165) is 63.1 Å². The molecule has 2 aromatic carbocycles. The summed E-state index contributed by atoms with van der Waals surface area (Å²) in [5.74, 6) is -0.411. The number of carbonyl (C=O) groups is 1. The van der Waals surface area contributed by atoms with Crippen LogP contribution in [0, 0.1) is 0 Å². The minimum Gasteiger partial charge on any atom is -0.379 e. The second-order valence-electron chi connectivity index (χ2n) is 8.32. The van der Waals surface area contributed by atoms with Crippen molar-refractivity contribution in [1.82, 2.24) is 4.90 Å². The Morgan fingerprint density at radius 1 is 0.969 bits per heavy atom. The van der Waals surface area contributed by atoms with E-state index in [2.05, 4.69) is 10.2 Å². The number of amides is 1. The minimum absolute atomic E-state index is 0.199. The average Bonchev–Trinajstić information content (AvgIpc) is 2.80. The average molecular weight is 448 g/mol. The molecule has 32 heavy (non-hydrogen) atoms. The number of nitrogens with zero attached hydrogens (tertiary/aromatic N) is 2. The molecule has 2 aliphatic heterocycles. The van der Waals surface area contributed by atoms with Crippen LogP contribution in [0.1, 0.15) is 40.7 Å². The SMILES string of the molecule is O=C(Nc1cc(C(F)(F)F)ccc1N1CCCCC1)c1cccc(CN2CCOCC2)c1. The fourth-order valence-electron chi connectivity index (χ4n) is 4.25. The summed E-state index contributed by atoms with van der Waals surface area (Å²) in [6.45, 7) is 5.28. The first-order valence-corrected chi connectivity index (χ1v) is 11.1. The van der Waals surface area contributed by atoms with Gasteiger partial charge in [0.05, 0.1) is 30.2 Å². The Bertz CT molecular complexity index is 936. The number of nitrogens with one attached hydrogen (secondary N) is 1. The molecule has 1 amide bonds. The molecule has 0 radical (unpaired) electrons. The maximum Gasteiger partial charge on any atom is 0.416 e. The first-order chi connectivity index (χ1) is 15.4. The molecule has 0 aromatic heterocycles. The Kier molecular flexibility index (Phi) is 7.01. The molecule has 2 heterocycles. The molecule has 5 nitrogen and oxygen atoms in total. The molecule has 0 spiro atoms. The largest absolute Gasteiger partial charge is 0.416 e. The zero-order valence-corrected chi connectivity index (χ0v) is 18.0. The number of ether oxygens (including phenoxy) is 1. The first kappa shape index (κ1) is 22.6. The van der Waals surface area contributed by atoms with Crippen molar-refractivity contribution < 1.29 is 22.7 Å². The number of alkyl halides is 3. The second-order valence-corrected chi connectivity index (χ2v) is 8.32. The molecule has 172 valence electrons. The predicted molar refractivity (Wildman–Crippen MR) is 118 cm³/mol. The van der Waals surface area contributed by atoms with Crippen LogP contribution in [0.3, 0.4) is 0 Å². The van der Waals surface area contributed by atoms with E-state index in [9.17, 15) is 18.0 Å². The number of piperidine rings is 1. The van der Waals surface area contributed by atoms with Crippen molar-refractivity contribution in [1.29, 1.82) is 0 Å². The molecule has 2 saturated heterocycles. The summed E-state index contributed by atoms with van der Waals surface area (Å²) >= 11 is 0. The predicted octanol–water partition coefficient (Wildman–Crippen LogP) is 4.78. The molecule has 2 aliphatic rings. The molecule has 0 saturated carbocycles. The summed E-state index contributed by atoms with van der Waals surface area (Å²) < 4.78 is 45.4. The van der Waals surface area contributed by atoms with Crippen LogP contribution < -0.4 is 10.2 Å². The van der Waals surface area contributed by atoms with Crippen LogP contribution in [0.15, 0.2) is 42.5 Å². The number of halogens is 3. The Morgan fingerprint density at radius 2 is 1.72 bits per heavy atom. The lowest BCUT2D eigenvalue weighted by Gasteiger charge is -2.31. The molecule has 0 bridgehead atoms. The number of anilines is 2. The van der Waals surface area contributed by atoms with Crippen molar-refractivity contribution in [3.63, 3.8) is 0 Å². The third kappa shape index (κ3) is 5.61. The highest BCUT2D eigenvalue weighted by atomic mass is 19.4. The fraction of sp³-hybridized carbons (Fsp3) is 0.458. The first-order valence-electron chi connectivity index (χ1n) is 11.1. The third-order valence-corrected chi connectivity index (χ3v) is 5.97. The maximum atomic E-state index is 13.3. The fourth-order valence-corrected chi connectivity index (χ4v) is 4.25. The van der Waals surface area contributed by atoms with Gasteiger partial charge in [-0.2, -0.15) is 13.2 Å². The number of benzene rings is 2. The minimum atomic E-state index is -4.47. The summed E-state index contributed by atoms with van der Waals surface area (Å²) in [5.41, 5.74) is 1.48. The molecule has 1 N–H and O–H groups in total. The van der Waals surface area contributed by atoms with E-state index >= 15 is 0 Å². The van der Waals surface area contributed by atoms with Gasteiger partial charge in [-0.3, -0.25) is 9.69 Å². The highest BCUT2D eigenvalue weighted by Crippen LogP contribution is 2.36. The van der Waals surface area contributed by atoms with Gasteiger partial charge in [0, 0.05) is 38.3 Å². The van der Waals surface area contributed by atoms with Crippen molar-refractivity contribution in [2.75, 3.05) is 49.6 Å². The lowest BCUT2D eigenvalue weighted by Crippen LogP contribution is -2.35. The topological polar surface area (TPSA) is 44.8 Å². The smallest absolute Gasteiger partial charge is 0.379 e. The van der Waals surface area contributed by atoms with Crippen molar-refractivity contribution in [3.8, 4) is 0 Å². The lowest BCUT2D eigenvalue weighted by molar-refractivity contribution is -0.137. The van der Waals surface area contributed by atoms with Crippen LogP contribution in [-0.2, 0) is 17.5 Å². The lowest BCUT2D eigenvalue weighted by atomic mass is 10.1. The highest BCUT2D eigenvalue weighted by molar-refractivity contribution is 6.06. The molecule has 0 atom stereocenters. The molecule has 0 aliphatic carbocycles. The molecule has 8 heteroatoms. The van der Waals surface area contributed by atoms with E-state index in [1.165, 1.54) is 6.07 Å².